The maximum absolute atomic E-state index is 12.9. The second-order valence-electron chi connectivity index (χ2n) is 6.95. The maximum atomic E-state index is 12.9. The van der Waals surface area contributed by atoms with Gasteiger partial charge in [-0.2, -0.15) is 0 Å². The molecule has 0 radical (unpaired) electrons. The van der Waals surface area contributed by atoms with Crippen LogP contribution in [-0.4, -0.2) is 42.5 Å². The van der Waals surface area contributed by atoms with E-state index in [1.165, 1.54) is 0 Å². The maximum Gasteiger partial charge on any atom is 0.261 e. The molecule has 0 bridgehead atoms. The largest absolute Gasteiger partial charge is 0.483 e. The first-order valence-corrected chi connectivity index (χ1v) is 9.73. The van der Waals surface area contributed by atoms with Gasteiger partial charge in [0.05, 0.1) is 0 Å². The second-order valence-corrected chi connectivity index (χ2v) is 6.95. The van der Waals surface area contributed by atoms with E-state index in [9.17, 15) is 9.59 Å². The quantitative estimate of drug-likeness (QED) is 0.724. The lowest BCUT2D eigenvalue weighted by atomic mass is 10.1. The Labute approximate surface area is 167 Å². The standard InChI is InChI=1S/C23H30N2O3/c1-5-24-23(27)19(4)25(14-13-20-9-7-6-8-10-20)22(26)16-28-21-12-11-17(2)15-18(21)3/h6-12,15,19H,5,13-14,16H2,1-4H3,(H,24,27)/t19-/m0/s1. The van der Waals surface area contributed by atoms with Gasteiger partial charge in [-0.1, -0.05) is 48.0 Å². The summed E-state index contributed by atoms with van der Waals surface area (Å²) in [5.41, 5.74) is 3.25. The zero-order chi connectivity index (χ0) is 20.5. The van der Waals surface area contributed by atoms with E-state index in [1.807, 2.05) is 69.3 Å². The minimum absolute atomic E-state index is 0.0948. The number of likely N-dealkylation sites (N-methyl/N-ethyl adjacent to an activating group) is 1. The average molecular weight is 383 g/mol. The Morgan fingerprint density at radius 1 is 1.11 bits per heavy atom. The van der Waals surface area contributed by atoms with E-state index in [4.69, 9.17) is 4.74 Å². The summed E-state index contributed by atoms with van der Waals surface area (Å²) in [6, 6.07) is 15.2. The van der Waals surface area contributed by atoms with Crippen LogP contribution in [0.2, 0.25) is 0 Å². The lowest BCUT2D eigenvalue weighted by molar-refractivity contribution is -0.141. The Balaban J connectivity index is 2.07. The van der Waals surface area contributed by atoms with Crippen LogP contribution in [0.5, 0.6) is 5.75 Å². The SMILES string of the molecule is CCNC(=O)[C@H](C)N(CCc1ccccc1)C(=O)COc1ccc(C)cc1C. The molecule has 1 N–H and O–H groups in total. The average Bonchev–Trinajstić information content (AvgIpc) is 2.68. The van der Waals surface area contributed by atoms with Crippen LogP contribution in [0.3, 0.4) is 0 Å². The Hall–Kier alpha value is -2.82. The van der Waals surface area contributed by atoms with Crippen molar-refractivity contribution in [3.05, 3.63) is 65.2 Å². The van der Waals surface area contributed by atoms with Gasteiger partial charge in [-0.05, 0) is 51.3 Å². The minimum atomic E-state index is -0.557. The molecule has 2 amide bonds. The van der Waals surface area contributed by atoms with Gasteiger partial charge in [-0.25, -0.2) is 0 Å². The van der Waals surface area contributed by atoms with Gasteiger partial charge in [0.1, 0.15) is 11.8 Å². The van der Waals surface area contributed by atoms with Crippen LogP contribution in [-0.2, 0) is 16.0 Å². The number of hydrogen-bond acceptors (Lipinski definition) is 3. The van der Waals surface area contributed by atoms with E-state index in [1.54, 1.807) is 11.8 Å². The highest BCUT2D eigenvalue weighted by molar-refractivity contribution is 5.87. The summed E-state index contributed by atoms with van der Waals surface area (Å²) >= 11 is 0. The first-order chi connectivity index (χ1) is 13.4. The molecule has 28 heavy (non-hydrogen) atoms. The van der Waals surface area contributed by atoms with Gasteiger partial charge < -0.3 is 15.0 Å². The summed E-state index contributed by atoms with van der Waals surface area (Å²) in [6.45, 7) is 8.48. The monoisotopic (exact) mass is 382 g/mol. The molecule has 0 saturated heterocycles. The number of aryl methyl sites for hydroxylation is 2. The number of benzene rings is 2. The van der Waals surface area contributed by atoms with Crippen molar-refractivity contribution in [2.45, 2.75) is 40.2 Å². The van der Waals surface area contributed by atoms with E-state index in [0.29, 0.717) is 25.3 Å². The molecule has 0 saturated carbocycles. The first kappa shape index (κ1) is 21.5. The number of carbonyl (C=O) groups is 2. The number of rotatable bonds is 9. The fourth-order valence-corrected chi connectivity index (χ4v) is 3.08. The zero-order valence-electron chi connectivity index (χ0n) is 17.2. The second kappa shape index (κ2) is 10.5. The molecular formula is C23H30N2O3. The highest BCUT2D eigenvalue weighted by Gasteiger charge is 2.25. The van der Waals surface area contributed by atoms with Crippen molar-refractivity contribution in [2.24, 2.45) is 0 Å². The van der Waals surface area contributed by atoms with Crippen LogP contribution >= 0.6 is 0 Å². The number of amides is 2. The predicted molar refractivity (Wildman–Crippen MR) is 111 cm³/mol. The molecule has 150 valence electrons. The number of nitrogens with one attached hydrogen (secondary N) is 1. The third-order valence-electron chi connectivity index (χ3n) is 4.68. The molecule has 0 fully saturated rings. The van der Waals surface area contributed by atoms with E-state index < -0.39 is 6.04 Å². The van der Waals surface area contributed by atoms with Crippen LogP contribution in [0.25, 0.3) is 0 Å². The van der Waals surface area contributed by atoms with Crippen LogP contribution in [0.4, 0.5) is 0 Å². The first-order valence-electron chi connectivity index (χ1n) is 9.73. The van der Waals surface area contributed by atoms with Gasteiger partial charge in [0, 0.05) is 13.1 Å². The van der Waals surface area contributed by atoms with Crippen molar-refractivity contribution in [3.63, 3.8) is 0 Å². The molecule has 1 atom stereocenters. The topological polar surface area (TPSA) is 58.6 Å². The molecule has 0 aliphatic carbocycles. The van der Waals surface area contributed by atoms with Gasteiger partial charge in [0.2, 0.25) is 5.91 Å². The molecule has 0 aliphatic rings. The molecule has 0 spiro atoms. The zero-order valence-corrected chi connectivity index (χ0v) is 17.2. The van der Waals surface area contributed by atoms with Crippen molar-refractivity contribution < 1.29 is 14.3 Å². The van der Waals surface area contributed by atoms with Crippen molar-refractivity contribution in [1.29, 1.82) is 0 Å². The summed E-state index contributed by atoms with van der Waals surface area (Å²) in [6.07, 6.45) is 0.680. The number of hydrogen-bond donors (Lipinski definition) is 1. The van der Waals surface area contributed by atoms with Crippen molar-refractivity contribution in [3.8, 4) is 5.75 Å². The minimum Gasteiger partial charge on any atom is -0.483 e. The normalized spacial score (nSPS) is 11.6. The Morgan fingerprint density at radius 3 is 2.46 bits per heavy atom. The number of ether oxygens (including phenoxy) is 1. The van der Waals surface area contributed by atoms with E-state index in [-0.39, 0.29) is 18.4 Å². The summed E-state index contributed by atoms with van der Waals surface area (Å²) in [5.74, 6) is 0.331. The van der Waals surface area contributed by atoms with Gasteiger partial charge in [0.15, 0.2) is 6.61 Å². The summed E-state index contributed by atoms with van der Waals surface area (Å²) in [7, 11) is 0. The Morgan fingerprint density at radius 2 is 1.82 bits per heavy atom. The molecule has 0 aliphatic heterocycles. The lowest BCUT2D eigenvalue weighted by Crippen LogP contribution is -2.50. The molecule has 2 aromatic carbocycles. The number of carbonyl (C=O) groups excluding carboxylic acids is 2. The molecule has 0 aromatic heterocycles. The Bertz CT molecular complexity index is 790. The van der Waals surface area contributed by atoms with E-state index in [2.05, 4.69) is 5.32 Å². The van der Waals surface area contributed by atoms with Crippen LogP contribution in [0.1, 0.15) is 30.5 Å². The molecule has 5 nitrogen and oxygen atoms in total. The highest BCUT2D eigenvalue weighted by atomic mass is 16.5. The Kier molecular flexibility index (Phi) is 8.05. The summed E-state index contributed by atoms with van der Waals surface area (Å²) in [5, 5.41) is 2.79. The third kappa shape index (κ3) is 6.12. The van der Waals surface area contributed by atoms with E-state index >= 15 is 0 Å². The van der Waals surface area contributed by atoms with Gasteiger partial charge in [0.25, 0.3) is 5.91 Å². The van der Waals surface area contributed by atoms with E-state index in [0.717, 1.165) is 16.7 Å². The summed E-state index contributed by atoms with van der Waals surface area (Å²) in [4.78, 5) is 26.8. The highest BCUT2D eigenvalue weighted by Crippen LogP contribution is 2.19. The fraction of sp³-hybridized carbons (Fsp3) is 0.391. The smallest absolute Gasteiger partial charge is 0.261 e. The van der Waals surface area contributed by atoms with Crippen molar-refractivity contribution in [1.82, 2.24) is 10.2 Å². The summed E-state index contributed by atoms with van der Waals surface area (Å²) < 4.78 is 5.75. The van der Waals surface area contributed by atoms with Crippen molar-refractivity contribution in [2.75, 3.05) is 19.7 Å². The third-order valence-corrected chi connectivity index (χ3v) is 4.68. The molecule has 2 rings (SSSR count). The van der Waals surface area contributed by atoms with Crippen LogP contribution in [0, 0.1) is 13.8 Å². The molecule has 5 heteroatoms. The molecule has 0 unspecified atom stereocenters. The predicted octanol–water partition coefficient (Wildman–Crippen LogP) is 3.28. The van der Waals surface area contributed by atoms with Gasteiger partial charge in [-0.15, -0.1) is 0 Å². The van der Waals surface area contributed by atoms with Crippen LogP contribution < -0.4 is 10.1 Å². The molecule has 0 heterocycles. The van der Waals surface area contributed by atoms with Gasteiger partial charge in [-0.3, -0.25) is 9.59 Å². The van der Waals surface area contributed by atoms with Crippen molar-refractivity contribution >= 4 is 11.8 Å². The molecular weight excluding hydrogens is 352 g/mol. The number of nitrogens with zero attached hydrogens (tertiary/aromatic N) is 1. The lowest BCUT2D eigenvalue weighted by Gasteiger charge is -2.28. The van der Waals surface area contributed by atoms with Crippen LogP contribution in [0.15, 0.2) is 48.5 Å². The molecule has 2 aromatic rings. The van der Waals surface area contributed by atoms with Gasteiger partial charge >= 0.3 is 0 Å². The fourth-order valence-electron chi connectivity index (χ4n) is 3.08.